The second-order valence-corrected chi connectivity index (χ2v) is 5.67. The first-order valence-corrected chi connectivity index (χ1v) is 8.01. The highest BCUT2D eigenvalue weighted by Gasteiger charge is 2.08. The van der Waals surface area contributed by atoms with Crippen LogP contribution in [0.1, 0.15) is 11.4 Å². The maximum atomic E-state index is 13.6. The average molecular weight is 347 g/mol. The van der Waals surface area contributed by atoms with Crippen molar-refractivity contribution in [2.24, 2.45) is 0 Å². The third kappa shape index (κ3) is 3.02. The van der Waals surface area contributed by atoms with Crippen LogP contribution in [-0.2, 0) is 11.3 Å². The largest absolute Gasteiger partial charge is 0.348 e. The van der Waals surface area contributed by atoms with E-state index in [2.05, 4.69) is 20.6 Å². The van der Waals surface area contributed by atoms with Crippen molar-refractivity contribution in [1.29, 1.82) is 0 Å². The van der Waals surface area contributed by atoms with Crippen molar-refractivity contribution >= 4 is 28.4 Å². The summed E-state index contributed by atoms with van der Waals surface area (Å²) in [5, 5.41) is 17.1. The minimum Gasteiger partial charge on any atom is -0.348 e. The van der Waals surface area contributed by atoms with E-state index < -0.39 is 0 Å². The SMILES string of the molecule is O=C(/C=C/c1nnc2c3ccccc3cnn12)NCc1ccccc1F. The molecular weight excluding hydrogens is 333 g/mol. The quantitative estimate of drug-likeness (QED) is 0.576. The summed E-state index contributed by atoms with van der Waals surface area (Å²) in [5.41, 5.74) is 1.05. The van der Waals surface area contributed by atoms with Crippen LogP contribution in [0.5, 0.6) is 0 Å². The number of hydrogen-bond acceptors (Lipinski definition) is 4. The maximum absolute atomic E-state index is 13.6. The van der Waals surface area contributed by atoms with Crippen LogP contribution in [0, 0.1) is 5.82 Å². The summed E-state index contributed by atoms with van der Waals surface area (Å²) in [7, 11) is 0. The first kappa shape index (κ1) is 15.9. The van der Waals surface area contributed by atoms with Gasteiger partial charge in [0.2, 0.25) is 5.91 Å². The summed E-state index contributed by atoms with van der Waals surface area (Å²) >= 11 is 0. The first-order valence-electron chi connectivity index (χ1n) is 8.01. The van der Waals surface area contributed by atoms with Gasteiger partial charge in [-0.3, -0.25) is 4.79 Å². The molecule has 0 saturated heterocycles. The van der Waals surface area contributed by atoms with Gasteiger partial charge in [0.25, 0.3) is 0 Å². The lowest BCUT2D eigenvalue weighted by Crippen LogP contribution is -2.20. The van der Waals surface area contributed by atoms with Crippen LogP contribution in [0.15, 0.2) is 60.8 Å². The molecule has 0 aliphatic heterocycles. The molecule has 0 saturated carbocycles. The number of halogens is 1. The van der Waals surface area contributed by atoms with Crippen LogP contribution in [0.4, 0.5) is 4.39 Å². The van der Waals surface area contributed by atoms with Crippen LogP contribution >= 0.6 is 0 Å². The first-order chi connectivity index (χ1) is 12.7. The van der Waals surface area contributed by atoms with E-state index in [-0.39, 0.29) is 18.3 Å². The zero-order valence-corrected chi connectivity index (χ0v) is 13.6. The van der Waals surface area contributed by atoms with Gasteiger partial charge in [-0.2, -0.15) is 9.61 Å². The highest BCUT2D eigenvalue weighted by Crippen LogP contribution is 2.17. The Hall–Kier alpha value is -3.61. The van der Waals surface area contributed by atoms with Gasteiger partial charge in [-0.1, -0.05) is 42.5 Å². The summed E-state index contributed by atoms with van der Waals surface area (Å²) in [6, 6.07) is 14.0. The Morgan fingerprint density at radius 1 is 1.12 bits per heavy atom. The lowest BCUT2D eigenvalue weighted by atomic mass is 10.2. The van der Waals surface area contributed by atoms with Gasteiger partial charge in [-0.25, -0.2) is 4.39 Å². The van der Waals surface area contributed by atoms with Crippen LogP contribution in [-0.4, -0.2) is 25.7 Å². The molecule has 0 atom stereocenters. The van der Waals surface area contributed by atoms with E-state index in [1.165, 1.54) is 18.2 Å². The lowest BCUT2D eigenvalue weighted by molar-refractivity contribution is -0.116. The molecule has 2 aromatic carbocycles. The molecule has 128 valence electrons. The van der Waals surface area contributed by atoms with E-state index in [0.29, 0.717) is 17.0 Å². The number of carbonyl (C=O) groups excluding carboxylic acids is 1. The number of nitrogens with one attached hydrogen (secondary N) is 1. The third-order valence-electron chi connectivity index (χ3n) is 3.97. The fourth-order valence-corrected chi connectivity index (χ4v) is 2.64. The zero-order valence-electron chi connectivity index (χ0n) is 13.6. The number of hydrogen-bond donors (Lipinski definition) is 1. The highest BCUT2D eigenvalue weighted by molar-refractivity contribution is 5.94. The van der Waals surface area contributed by atoms with Crippen molar-refractivity contribution in [3.63, 3.8) is 0 Å². The number of carbonyl (C=O) groups is 1. The molecule has 4 rings (SSSR count). The van der Waals surface area contributed by atoms with Crippen molar-refractivity contribution in [3.05, 3.63) is 78.0 Å². The molecule has 0 fully saturated rings. The minimum absolute atomic E-state index is 0.110. The summed E-state index contributed by atoms with van der Waals surface area (Å²) in [6.45, 7) is 0.110. The Morgan fingerprint density at radius 3 is 2.81 bits per heavy atom. The van der Waals surface area contributed by atoms with Gasteiger partial charge in [0.1, 0.15) is 5.82 Å². The van der Waals surface area contributed by atoms with Crippen LogP contribution in [0.2, 0.25) is 0 Å². The van der Waals surface area contributed by atoms with Crippen molar-refractivity contribution in [1.82, 2.24) is 25.1 Å². The Balaban J connectivity index is 1.52. The molecule has 0 unspecified atom stereocenters. The molecule has 1 amide bonds. The third-order valence-corrected chi connectivity index (χ3v) is 3.97. The zero-order chi connectivity index (χ0) is 17.9. The normalized spacial score (nSPS) is 11.4. The van der Waals surface area contributed by atoms with Gasteiger partial charge < -0.3 is 5.32 Å². The Labute approximate surface area is 148 Å². The number of aromatic nitrogens is 4. The number of nitrogens with zero attached hydrogens (tertiary/aromatic N) is 4. The van der Waals surface area contributed by atoms with E-state index in [9.17, 15) is 9.18 Å². The fraction of sp³-hybridized carbons (Fsp3) is 0.0526. The smallest absolute Gasteiger partial charge is 0.244 e. The van der Waals surface area contributed by atoms with Gasteiger partial charge in [0, 0.05) is 29.0 Å². The number of benzene rings is 2. The van der Waals surface area contributed by atoms with Crippen LogP contribution in [0.3, 0.4) is 0 Å². The average Bonchev–Trinajstić information content (AvgIpc) is 3.09. The molecule has 0 aliphatic rings. The van der Waals surface area contributed by atoms with Crippen molar-refractivity contribution in [2.75, 3.05) is 0 Å². The summed E-state index contributed by atoms with van der Waals surface area (Å²) in [6.07, 6.45) is 4.58. The maximum Gasteiger partial charge on any atom is 0.244 e. The summed E-state index contributed by atoms with van der Waals surface area (Å²) in [5.74, 6) is -0.270. The van der Waals surface area contributed by atoms with E-state index in [1.54, 1.807) is 28.9 Å². The standard InChI is InChI=1S/C19H14FN5O/c20-16-8-4-2-6-14(16)11-21-18(26)10-9-17-23-24-19-15-7-3-1-5-13(15)12-22-25(17)19/h1-10,12H,11H2,(H,21,26)/b10-9+. The predicted octanol–water partition coefficient (Wildman–Crippen LogP) is 2.75. The van der Waals surface area contributed by atoms with Gasteiger partial charge >= 0.3 is 0 Å². The molecule has 0 aliphatic carbocycles. The van der Waals surface area contributed by atoms with Gasteiger partial charge in [0.15, 0.2) is 11.5 Å². The number of fused-ring (bicyclic) bond motifs is 3. The second-order valence-electron chi connectivity index (χ2n) is 5.67. The molecular formula is C19H14FN5O. The van der Waals surface area contributed by atoms with Crippen molar-refractivity contribution in [3.8, 4) is 0 Å². The monoisotopic (exact) mass is 347 g/mol. The van der Waals surface area contributed by atoms with Crippen molar-refractivity contribution < 1.29 is 9.18 Å². The number of rotatable bonds is 4. The Bertz CT molecular complexity index is 1140. The predicted molar refractivity (Wildman–Crippen MR) is 95.6 cm³/mol. The van der Waals surface area contributed by atoms with Gasteiger partial charge in [-0.15, -0.1) is 10.2 Å². The second kappa shape index (κ2) is 6.72. The molecule has 4 aromatic rings. The molecule has 2 heterocycles. The molecule has 7 heteroatoms. The van der Waals surface area contributed by atoms with Gasteiger partial charge in [0.05, 0.1) is 6.20 Å². The fourth-order valence-electron chi connectivity index (χ4n) is 2.64. The molecule has 26 heavy (non-hydrogen) atoms. The molecule has 1 N–H and O–H groups in total. The van der Waals surface area contributed by atoms with E-state index in [4.69, 9.17) is 0 Å². The summed E-state index contributed by atoms with van der Waals surface area (Å²) in [4.78, 5) is 12.0. The summed E-state index contributed by atoms with van der Waals surface area (Å²) < 4.78 is 15.1. The molecule has 2 aromatic heterocycles. The minimum atomic E-state index is -0.356. The van der Waals surface area contributed by atoms with E-state index >= 15 is 0 Å². The van der Waals surface area contributed by atoms with Gasteiger partial charge in [-0.05, 0) is 12.1 Å². The highest BCUT2D eigenvalue weighted by atomic mass is 19.1. The lowest BCUT2D eigenvalue weighted by Gasteiger charge is -2.03. The topological polar surface area (TPSA) is 72.2 Å². The molecule has 0 spiro atoms. The molecule has 0 bridgehead atoms. The van der Waals surface area contributed by atoms with E-state index in [1.807, 2.05) is 24.3 Å². The molecule has 0 radical (unpaired) electrons. The van der Waals surface area contributed by atoms with Crippen molar-refractivity contribution in [2.45, 2.75) is 6.54 Å². The van der Waals surface area contributed by atoms with E-state index in [0.717, 1.165) is 10.8 Å². The molecule has 6 nitrogen and oxygen atoms in total. The Morgan fingerprint density at radius 2 is 1.92 bits per heavy atom. The Kier molecular flexibility index (Phi) is 4.10. The number of amides is 1. The van der Waals surface area contributed by atoms with Crippen LogP contribution < -0.4 is 5.32 Å². The van der Waals surface area contributed by atoms with Crippen LogP contribution in [0.25, 0.3) is 22.5 Å².